The van der Waals surface area contributed by atoms with Gasteiger partial charge in [-0.25, -0.2) is 15.0 Å². The van der Waals surface area contributed by atoms with Crippen molar-refractivity contribution in [3.8, 4) is 0 Å². The summed E-state index contributed by atoms with van der Waals surface area (Å²) in [7, 11) is 0. The van der Waals surface area contributed by atoms with Crippen LogP contribution in [0.2, 0.25) is 5.02 Å². The Labute approximate surface area is 211 Å². The van der Waals surface area contributed by atoms with E-state index in [1.54, 1.807) is 42.7 Å². The SMILES string of the molecule is O=C(NC(=NC1CCC(Nc2ncccn2)CC1)Nc1cccc(C(F)(F)F)c1)c1ccc(Cl)cc1. The summed E-state index contributed by atoms with van der Waals surface area (Å²) in [5, 5.41) is 9.34. The smallest absolute Gasteiger partial charge is 0.351 e. The molecule has 1 heterocycles. The van der Waals surface area contributed by atoms with Gasteiger partial charge in [0.15, 0.2) is 0 Å². The molecular weight excluding hydrogens is 493 g/mol. The molecule has 0 spiro atoms. The minimum absolute atomic E-state index is 0.0806. The average Bonchev–Trinajstić information content (AvgIpc) is 2.86. The highest BCUT2D eigenvalue weighted by atomic mass is 35.5. The van der Waals surface area contributed by atoms with E-state index in [0.717, 1.165) is 37.8 Å². The van der Waals surface area contributed by atoms with Crippen LogP contribution in [0.3, 0.4) is 0 Å². The molecule has 2 aromatic carbocycles. The monoisotopic (exact) mass is 516 g/mol. The van der Waals surface area contributed by atoms with E-state index in [0.29, 0.717) is 16.5 Å². The van der Waals surface area contributed by atoms with E-state index >= 15 is 0 Å². The van der Waals surface area contributed by atoms with Crippen LogP contribution in [0.5, 0.6) is 0 Å². The van der Waals surface area contributed by atoms with Crippen molar-refractivity contribution in [2.75, 3.05) is 10.6 Å². The number of nitrogens with one attached hydrogen (secondary N) is 3. The first-order valence-electron chi connectivity index (χ1n) is 11.4. The van der Waals surface area contributed by atoms with Gasteiger partial charge in [-0.2, -0.15) is 13.2 Å². The van der Waals surface area contributed by atoms with Crippen LogP contribution in [-0.2, 0) is 6.18 Å². The lowest BCUT2D eigenvalue weighted by Gasteiger charge is -2.27. The Kier molecular flexibility index (Phi) is 8.04. The Morgan fingerprint density at radius 2 is 1.67 bits per heavy atom. The molecule has 1 aliphatic rings. The number of nitrogens with zero attached hydrogens (tertiary/aromatic N) is 3. The zero-order valence-corrected chi connectivity index (χ0v) is 19.9. The zero-order valence-electron chi connectivity index (χ0n) is 19.1. The van der Waals surface area contributed by atoms with Gasteiger partial charge in [-0.1, -0.05) is 17.7 Å². The average molecular weight is 517 g/mol. The fourth-order valence-electron chi connectivity index (χ4n) is 3.87. The Hall–Kier alpha value is -3.66. The van der Waals surface area contributed by atoms with Gasteiger partial charge in [0, 0.05) is 34.7 Å². The lowest BCUT2D eigenvalue weighted by Crippen LogP contribution is -2.38. The number of guanidine groups is 1. The van der Waals surface area contributed by atoms with Gasteiger partial charge in [0.05, 0.1) is 11.6 Å². The number of carbonyl (C=O) groups is 1. The van der Waals surface area contributed by atoms with Crippen LogP contribution in [0.15, 0.2) is 72.0 Å². The maximum atomic E-state index is 13.2. The standard InChI is InChI=1S/C25H24ClF3N6O/c26-18-7-5-16(6-8-18)22(36)35-24(34-21-4-1-3-17(15-21)25(27,28)29)33-20-11-9-19(10-12-20)32-23-30-13-2-14-31-23/h1-8,13-15,19-20H,9-12H2,(H,30,31,32)(H2,33,34,35,36). The number of alkyl halides is 3. The molecule has 1 amide bonds. The van der Waals surface area contributed by atoms with Gasteiger partial charge < -0.3 is 10.6 Å². The number of anilines is 2. The third-order valence-electron chi connectivity index (χ3n) is 5.70. The van der Waals surface area contributed by atoms with Crippen LogP contribution in [0.4, 0.5) is 24.8 Å². The predicted molar refractivity (Wildman–Crippen MR) is 133 cm³/mol. The van der Waals surface area contributed by atoms with Gasteiger partial charge in [-0.15, -0.1) is 0 Å². The summed E-state index contributed by atoms with van der Waals surface area (Å²) in [4.78, 5) is 25.8. The van der Waals surface area contributed by atoms with Gasteiger partial charge in [0.1, 0.15) is 0 Å². The normalized spacial score (nSPS) is 18.4. The number of hydrogen-bond acceptors (Lipinski definition) is 5. The Morgan fingerprint density at radius 3 is 2.33 bits per heavy atom. The van der Waals surface area contributed by atoms with Crippen LogP contribution in [0.25, 0.3) is 0 Å². The maximum absolute atomic E-state index is 13.2. The molecule has 0 atom stereocenters. The van der Waals surface area contributed by atoms with Crippen LogP contribution >= 0.6 is 11.6 Å². The van der Waals surface area contributed by atoms with Crippen molar-refractivity contribution < 1.29 is 18.0 Å². The second-order valence-corrected chi connectivity index (χ2v) is 8.80. The summed E-state index contributed by atoms with van der Waals surface area (Å²) in [6.45, 7) is 0. The molecule has 7 nitrogen and oxygen atoms in total. The van der Waals surface area contributed by atoms with E-state index in [1.807, 2.05) is 0 Å². The first-order valence-corrected chi connectivity index (χ1v) is 11.8. The van der Waals surface area contributed by atoms with Gasteiger partial charge in [0.25, 0.3) is 5.91 Å². The number of hydrogen-bond donors (Lipinski definition) is 3. The molecule has 1 aromatic heterocycles. The fourth-order valence-corrected chi connectivity index (χ4v) is 4.00. The molecule has 0 aliphatic heterocycles. The largest absolute Gasteiger partial charge is 0.416 e. The molecule has 3 N–H and O–H groups in total. The third kappa shape index (κ3) is 7.17. The molecule has 36 heavy (non-hydrogen) atoms. The summed E-state index contributed by atoms with van der Waals surface area (Å²) < 4.78 is 39.5. The minimum Gasteiger partial charge on any atom is -0.351 e. The topological polar surface area (TPSA) is 91.3 Å². The Balaban J connectivity index is 1.48. The minimum atomic E-state index is -4.49. The van der Waals surface area contributed by atoms with E-state index in [2.05, 4.69) is 30.9 Å². The third-order valence-corrected chi connectivity index (χ3v) is 5.95. The van der Waals surface area contributed by atoms with E-state index in [-0.39, 0.29) is 23.7 Å². The highest BCUT2D eigenvalue weighted by Gasteiger charge is 2.30. The number of rotatable bonds is 5. The number of aromatic nitrogens is 2. The Morgan fingerprint density at radius 1 is 0.972 bits per heavy atom. The molecule has 4 rings (SSSR count). The van der Waals surface area contributed by atoms with E-state index in [9.17, 15) is 18.0 Å². The quantitative estimate of drug-likeness (QED) is 0.296. The van der Waals surface area contributed by atoms with Crippen molar-refractivity contribution in [2.24, 2.45) is 4.99 Å². The van der Waals surface area contributed by atoms with Crippen LogP contribution < -0.4 is 16.0 Å². The maximum Gasteiger partial charge on any atom is 0.416 e. The number of benzene rings is 2. The summed E-state index contributed by atoms with van der Waals surface area (Å²) >= 11 is 5.90. The molecule has 188 valence electrons. The summed E-state index contributed by atoms with van der Waals surface area (Å²) in [6.07, 6.45) is 1.88. The molecule has 0 radical (unpaired) electrons. The molecule has 1 saturated carbocycles. The molecule has 1 fully saturated rings. The predicted octanol–water partition coefficient (Wildman–Crippen LogP) is 5.77. The van der Waals surface area contributed by atoms with Crippen molar-refractivity contribution in [1.82, 2.24) is 15.3 Å². The second-order valence-electron chi connectivity index (χ2n) is 8.36. The highest BCUT2D eigenvalue weighted by Crippen LogP contribution is 2.31. The van der Waals surface area contributed by atoms with E-state index in [4.69, 9.17) is 11.6 Å². The highest BCUT2D eigenvalue weighted by molar-refractivity contribution is 6.30. The van der Waals surface area contributed by atoms with Crippen LogP contribution in [-0.4, -0.2) is 33.9 Å². The number of carbonyl (C=O) groups excluding carboxylic acids is 1. The zero-order chi connectivity index (χ0) is 25.5. The van der Waals surface area contributed by atoms with E-state index < -0.39 is 17.6 Å². The number of halogens is 4. The number of amides is 1. The molecule has 0 bridgehead atoms. The molecular formula is C25H24ClF3N6O. The lowest BCUT2D eigenvalue weighted by atomic mass is 9.91. The van der Waals surface area contributed by atoms with Crippen molar-refractivity contribution >= 4 is 35.1 Å². The summed E-state index contributed by atoms with van der Waals surface area (Å²) in [6, 6.07) is 12.8. The Bertz CT molecular complexity index is 1200. The van der Waals surface area contributed by atoms with Gasteiger partial charge in [-0.05, 0) is 74.2 Å². The molecule has 11 heteroatoms. The van der Waals surface area contributed by atoms with Crippen molar-refractivity contribution in [1.29, 1.82) is 0 Å². The molecule has 0 unspecified atom stereocenters. The first-order chi connectivity index (χ1) is 17.3. The summed E-state index contributed by atoms with van der Waals surface area (Å²) in [5.74, 6) is 0.185. The molecule has 3 aromatic rings. The second kappa shape index (κ2) is 11.4. The van der Waals surface area contributed by atoms with Crippen LogP contribution in [0, 0.1) is 0 Å². The van der Waals surface area contributed by atoms with Crippen LogP contribution in [0.1, 0.15) is 41.6 Å². The van der Waals surface area contributed by atoms with Gasteiger partial charge in [0.2, 0.25) is 11.9 Å². The summed E-state index contributed by atoms with van der Waals surface area (Å²) in [5.41, 5.74) is -0.295. The molecule has 0 saturated heterocycles. The van der Waals surface area contributed by atoms with Gasteiger partial charge in [-0.3, -0.25) is 10.1 Å². The van der Waals surface area contributed by atoms with E-state index in [1.165, 1.54) is 12.1 Å². The first kappa shape index (κ1) is 25.4. The van der Waals surface area contributed by atoms with Gasteiger partial charge >= 0.3 is 6.18 Å². The molecule has 1 aliphatic carbocycles. The number of aliphatic imine (C=N–C) groups is 1. The van der Waals surface area contributed by atoms with Crippen molar-refractivity contribution in [2.45, 2.75) is 43.9 Å². The van der Waals surface area contributed by atoms with Crippen molar-refractivity contribution in [3.05, 3.63) is 83.1 Å². The van der Waals surface area contributed by atoms with Crippen molar-refractivity contribution in [3.63, 3.8) is 0 Å². The fraction of sp³-hybridized carbons (Fsp3) is 0.280. The lowest BCUT2D eigenvalue weighted by molar-refractivity contribution is -0.137.